The largest absolute Gasteiger partial charge is 0.413 e. The van der Waals surface area contributed by atoms with Gasteiger partial charge in [0.1, 0.15) is 0 Å². The molecule has 0 bridgehead atoms. The summed E-state index contributed by atoms with van der Waals surface area (Å²) >= 11 is 0. The van der Waals surface area contributed by atoms with E-state index in [9.17, 15) is 14.5 Å². The summed E-state index contributed by atoms with van der Waals surface area (Å²) in [5.74, 6) is 0.384. The van der Waals surface area contributed by atoms with E-state index in [1.165, 1.54) is 12.1 Å². The van der Waals surface area contributed by atoms with Crippen LogP contribution in [0.5, 0.6) is 0 Å². The van der Waals surface area contributed by atoms with Crippen LogP contribution in [-0.2, 0) is 4.43 Å². The van der Waals surface area contributed by atoms with E-state index >= 15 is 0 Å². The second-order valence-corrected chi connectivity index (χ2v) is 13.2. The molecular formula is C17H25FN2O3Si. The average molecular weight is 352 g/mol. The Labute approximate surface area is 143 Å². The van der Waals surface area contributed by atoms with E-state index in [2.05, 4.69) is 33.9 Å². The molecule has 1 aromatic carbocycles. The van der Waals surface area contributed by atoms with Crippen molar-refractivity contribution in [2.75, 3.05) is 18.0 Å². The van der Waals surface area contributed by atoms with E-state index in [1.54, 1.807) is 0 Å². The zero-order valence-electron chi connectivity index (χ0n) is 14.9. The Balaban J connectivity index is 1.63. The number of nitrogens with zero attached hydrogens (tertiary/aromatic N) is 2. The fourth-order valence-corrected chi connectivity index (χ4v) is 4.61. The van der Waals surface area contributed by atoms with Crippen LogP contribution in [0.3, 0.4) is 0 Å². The molecule has 3 atom stereocenters. The van der Waals surface area contributed by atoms with E-state index in [0.717, 1.165) is 19.2 Å². The highest BCUT2D eigenvalue weighted by molar-refractivity contribution is 6.74. The predicted octanol–water partition coefficient (Wildman–Crippen LogP) is 4.19. The Morgan fingerprint density at radius 2 is 1.88 bits per heavy atom. The number of hydrogen-bond acceptors (Lipinski definition) is 4. The Morgan fingerprint density at radius 3 is 2.33 bits per heavy atom. The molecule has 1 unspecified atom stereocenters. The lowest BCUT2D eigenvalue weighted by Gasteiger charge is -2.37. The number of piperidine rings is 1. The molecule has 3 rings (SSSR count). The van der Waals surface area contributed by atoms with Crippen LogP contribution < -0.4 is 4.90 Å². The van der Waals surface area contributed by atoms with Gasteiger partial charge in [0.25, 0.3) is 5.69 Å². The molecule has 0 radical (unpaired) electrons. The van der Waals surface area contributed by atoms with Crippen molar-refractivity contribution in [2.24, 2.45) is 11.8 Å². The number of non-ortho nitro benzene ring substituents is 1. The lowest BCUT2D eigenvalue weighted by molar-refractivity contribution is -0.385. The first-order valence-corrected chi connectivity index (χ1v) is 11.3. The van der Waals surface area contributed by atoms with Crippen molar-refractivity contribution >= 4 is 19.7 Å². The van der Waals surface area contributed by atoms with Gasteiger partial charge in [-0.15, -0.1) is 0 Å². The number of anilines is 1. The van der Waals surface area contributed by atoms with Crippen molar-refractivity contribution in [3.63, 3.8) is 0 Å². The van der Waals surface area contributed by atoms with Crippen molar-refractivity contribution in [1.82, 2.24) is 0 Å². The van der Waals surface area contributed by atoms with Gasteiger partial charge in [-0.1, -0.05) is 20.8 Å². The minimum absolute atomic E-state index is 0.189. The fraction of sp³-hybridized carbons (Fsp3) is 0.647. The molecular weight excluding hydrogens is 327 g/mol. The van der Waals surface area contributed by atoms with Crippen LogP contribution in [-0.4, -0.2) is 32.4 Å². The molecule has 24 heavy (non-hydrogen) atoms. The van der Waals surface area contributed by atoms with Gasteiger partial charge < -0.3 is 9.33 Å². The summed E-state index contributed by atoms with van der Waals surface area (Å²) in [5, 5.41) is 10.9. The minimum atomic E-state index is -1.77. The molecule has 1 aliphatic carbocycles. The monoisotopic (exact) mass is 352 g/mol. The maximum absolute atomic E-state index is 14.2. The number of hydrogen-bond donors (Lipinski definition) is 0. The van der Waals surface area contributed by atoms with Gasteiger partial charge in [0.15, 0.2) is 14.1 Å². The number of nitro groups is 1. The molecule has 0 spiro atoms. The zero-order chi connectivity index (χ0) is 17.9. The number of benzene rings is 1. The summed E-state index contributed by atoms with van der Waals surface area (Å²) in [5.41, 5.74) is 0.249. The highest BCUT2D eigenvalue weighted by Gasteiger charge is 2.59. The molecule has 7 heteroatoms. The van der Waals surface area contributed by atoms with Crippen LogP contribution in [0, 0.1) is 27.8 Å². The maximum atomic E-state index is 14.2. The maximum Gasteiger partial charge on any atom is 0.272 e. The van der Waals surface area contributed by atoms with Gasteiger partial charge >= 0.3 is 0 Å². The first kappa shape index (κ1) is 17.4. The molecule has 5 nitrogen and oxygen atoms in total. The van der Waals surface area contributed by atoms with Crippen LogP contribution in [0.15, 0.2) is 18.2 Å². The number of halogens is 1. The van der Waals surface area contributed by atoms with E-state index in [4.69, 9.17) is 4.43 Å². The van der Waals surface area contributed by atoms with Crippen LogP contribution in [0.25, 0.3) is 0 Å². The molecule has 132 valence electrons. The highest BCUT2D eigenvalue weighted by Crippen LogP contribution is 2.52. The Morgan fingerprint density at radius 1 is 1.29 bits per heavy atom. The van der Waals surface area contributed by atoms with E-state index in [-0.39, 0.29) is 10.7 Å². The summed E-state index contributed by atoms with van der Waals surface area (Å²) in [6.45, 7) is 12.7. The molecule has 0 aromatic heterocycles. The third kappa shape index (κ3) is 2.95. The smallest absolute Gasteiger partial charge is 0.272 e. The number of rotatable bonds is 4. The first-order valence-electron chi connectivity index (χ1n) is 8.38. The fourth-order valence-electron chi connectivity index (χ4n) is 3.23. The Hall–Kier alpha value is -1.47. The molecule has 1 heterocycles. The summed E-state index contributed by atoms with van der Waals surface area (Å²) in [4.78, 5) is 12.1. The third-order valence-electron chi connectivity index (χ3n) is 5.84. The standard InChI is InChI=1S/C17H25FN2O3Si/c1-17(2,3)24(4,5)23-16-12-9-19(10-13(12)16)15-7-6-11(20(21)22)8-14(15)18/h6-8,12-13,16H,9-10H2,1-5H3/t12-,13+,16?. The molecule has 0 N–H and O–H groups in total. The normalized spacial score (nSPS) is 26.4. The summed E-state index contributed by atoms with van der Waals surface area (Å²) in [6, 6.07) is 3.89. The zero-order valence-corrected chi connectivity index (χ0v) is 15.9. The van der Waals surface area contributed by atoms with Crippen molar-refractivity contribution in [3.05, 3.63) is 34.1 Å². The molecule has 1 saturated carbocycles. The van der Waals surface area contributed by atoms with Crippen LogP contribution in [0.2, 0.25) is 18.1 Å². The van der Waals surface area contributed by atoms with E-state index in [0.29, 0.717) is 23.6 Å². The van der Waals surface area contributed by atoms with Gasteiger partial charge in [-0.05, 0) is 24.2 Å². The van der Waals surface area contributed by atoms with Gasteiger partial charge in [-0.3, -0.25) is 10.1 Å². The molecule has 1 saturated heterocycles. The first-order chi connectivity index (χ1) is 11.0. The summed E-state index contributed by atoms with van der Waals surface area (Å²) in [7, 11) is -1.77. The predicted molar refractivity (Wildman–Crippen MR) is 94.3 cm³/mol. The van der Waals surface area contributed by atoms with Crippen molar-refractivity contribution in [3.8, 4) is 0 Å². The Bertz CT molecular complexity index is 662. The van der Waals surface area contributed by atoms with E-state index in [1.807, 2.05) is 4.90 Å². The van der Waals surface area contributed by atoms with Crippen LogP contribution in [0.4, 0.5) is 15.8 Å². The van der Waals surface area contributed by atoms with Crippen molar-refractivity contribution in [2.45, 2.75) is 45.0 Å². The number of fused-ring (bicyclic) bond motifs is 1. The average Bonchev–Trinajstić information content (AvgIpc) is 2.90. The lowest BCUT2D eigenvalue weighted by Crippen LogP contribution is -2.43. The van der Waals surface area contributed by atoms with Crippen molar-refractivity contribution in [1.29, 1.82) is 0 Å². The second kappa shape index (κ2) is 5.52. The molecule has 1 aliphatic heterocycles. The van der Waals surface area contributed by atoms with Gasteiger partial charge in [0.05, 0.1) is 22.8 Å². The van der Waals surface area contributed by atoms with Gasteiger partial charge in [-0.25, -0.2) is 4.39 Å². The molecule has 2 fully saturated rings. The second-order valence-electron chi connectivity index (χ2n) is 8.47. The quantitative estimate of drug-likeness (QED) is 0.463. The highest BCUT2D eigenvalue weighted by atomic mass is 28.4. The summed E-state index contributed by atoms with van der Waals surface area (Å²) < 4.78 is 20.6. The lowest BCUT2D eigenvalue weighted by atomic mass is 10.2. The molecule has 0 amide bonds. The molecule has 1 aromatic rings. The van der Waals surface area contributed by atoms with E-state index < -0.39 is 19.1 Å². The summed E-state index contributed by atoms with van der Waals surface area (Å²) in [6.07, 6.45) is 0.295. The topological polar surface area (TPSA) is 55.6 Å². The SMILES string of the molecule is CC(C)(C)[Si](C)(C)OC1[C@H]2CN(c3ccc([N+](=O)[O-])cc3F)C[C@@H]12. The van der Waals surface area contributed by atoms with Gasteiger partial charge in [0, 0.05) is 31.0 Å². The third-order valence-corrected chi connectivity index (χ3v) is 10.3. The molecule has 2 aliphatic rings. The van der Waals surface area contributed by atoms with Gasteiger partial charge in [0.2, 0.25) is 0 Å². The minimum Gasteiger partial charge on any atom is -0.413 e. The van der Waals surface area contributed by atoms with Crippen molar-refractivity contribution < 1.29 is 13.7 Å². The Kier molecular flexibility index (Phi) is 3.99. The van der Waals surface area contributed by atoms with Gasteiger partial charge in [-0.2, -0.15) is 0 Å². The van der Waals surface area contributed by atoms with Crippen LogP contribution >= 0.6 is 0 Å². The van der Waals surface area contributed by atoms with Crippen LogP contribution in [0.1, 0.15) is 20.8 Å². The number of nitro benzene ring substituents is 1.